The molecule has 0 saturated heterocycles. The first-order chi connectivity index (χ1) is 7.59. The number of aromatic nitrogens is 3. The number of carbonyl (C=O) groups excluding carboxylic acids is 2. The molecule has 1 aromatic heterocycles. The van der Waals surface area contributed by atoms with Crippen molar-refractivity contribution in [3.05, 3.63) is 24.5 Å². The van der Waals surface area contributed by atoms with Crippen LogP contribution in [0.2, 0.25) is 0 Å². The molecule has 1 rings (SSSR count). The first-order valence-corrected chi connectivity index (χ1v) is 4.61. The molecule has 0 radical (unpaired) electrons. The Balaban J connectivity index is 2.21. The van der Waals surface area contributed by atoms with Gasteiger partial charge in [0.2, 0.25) is 5.91 Å². The van der Waals surface area contributed by atoms with Gasteiger partial charge in [0.25, 0.3) is 0 Å². The fraction of sp³-hybridized carbons (Fsp3) is 0.333. The summed E-state index contributed by atoms with van der Waals surface area (Å²) in [6.07, 6.45) is 2.83. The lowest BCUT2D eigenvalue weighted by atomic mass is 10.3. The van der Waals surface area contributed by atoms with Crippen molar-refractivity contribution >= 4 is 11.9 Å². The van der Waals surface area contributed by atoms with E-state index in [1.54, 1.807) is 6.92 Å². The smallest absolute Gasteiger partial charge is 0.336 e. The largest absolute Gasteiger partial charge is 0.352 e. The van der Waals surface area contributed by atoms with Gasteiger partial charge in [-0.15, -0.1) is 5.10 Å². The van der Waals surface area contributed by atoms with Crippen molar-refractivity contribution in [2.24, 2.45) is 0 Å². The van der Waals surface area contributed by atoms with Gasteiger partial charge in [0, 0.05) is 12.1 Å². The predicted molar refractivity (Wildman–Crippen MR) is 54.0 cm³/mol. The molecule has 7 nitrogen and oxygen atoms in total. The zero-order valence-corrected chi connectivity index (χ0v) is 8.84. The van der Waals surface area contributed by atoms with E-state index in [1.165, 1.54) is 12.4 Å². The third-order valence-corrected chi connectivity index (χ3v) is 1.60. The van der Waals surface area contributed by atoms with E-state index in [1.807, 2.05) is 0 Å². The van der Waals surface area contributed by atoms with E-state index in [0.29, 0.717) is 5.57 Å². The lowest BCUT2D eigenvalue weighted by molar-refractivity contribution is -0.145. The Kier molecular flexibility index (Phi) is 4.19. The van der Waals surface area contributed by atoms with Gasteiger partial charge in [0.05, 0.1) is 18.8 Å². The van der Waals surface area contributed by atoms with Gasteiger partial charge in [-0.3, -0.25) is 4.79 Å². The summed E-state index contributed by atoms with van der Waals surface area (Å²) in [5, 5.41) is 9.42. The van der Waals surface area contributed by atoms with Gasteiger partial charge in [0.1, 0.15) is 0 Å². The Hall–Kier alpha value is -2.18. The summed E-state index contributed by atoms with van der Waals surface area (Å²) < 4.78 is 0. The highest BCUT2D eigenvalue weighted by Gasteiger charge is 2.06. The molecule has 1 aromatic rings. The third-order valence-electron chi connectivity index (χ3n) is 1.60. The average molecular weight is 224 g/mol. The molecular formula is C9H12N4O3. The van der Waals surface area contributed by atoms with Crippen LogP contribution < -0.4 is 10.2 Å². The monoisotopic (exact) mass is 224 g/mol. The zero-order chi connectivity index (χ0) is 12.0. The minimum Gasteiger partial charge on any atom is -0.352 e. The molecule has 0 saturated carbocycles. The molecule has 7 heteroatoms. The molecule has 1 heterocycles. The second-order valence-electron chi connectivity index (χ2n) is 3.06. The Bertz CT molecular complexity index is 385. The maximum Gasteiger partial charge on any atom is 0.336 e. The molecule has 0 atom stereocenters. The van der Waals surface area contributed by atoms with Crippen molar-refractivity contribution in [2.45, 2.75) is 13.3 Å². The van der Waals surface area contributed by atoms with Crippen molar-refractivity contribution in [3.8, 4) is 0 Å². The highest BCUT2D eigenvalue weighted by atomic mass is 16.7. The molecule has 1 N–H and O–H groups in total. The molecule has 0 aliphatic heterocycles. The van der Waals surface area contributed by atoms with E-state index in [2.05, 4.69) is 22.2 Å². The number of rotatable bonds is 5. The van der Waals surface area contributed by atoms with Crippen LogP contribution in [-0.4, -0.2) is 33.6 Å². The van der Waals surface area contributed by atoms with Crippen LogP contribution in [0.15, 0.2) is 24.5 Å². The van der Waals surface area contributed by atoms with Gasteiger partial charge in [-0.25, -0.2) is 4.79 Å². The fourth-order valence-electron chi connectivity index (χ4n) is 0.825. The van der Waals surface area contributed by atoms with E-state index in [0.717, 1.165) is 4.85 Å². The molecule has 16 heavy (non-hydrogen) atoms. The van der Waals surface area contributed by atoms with Crippen LogP contribution in [0.1, 0.15) is 13.3 Å². The molecule has 86 valence electrons. The molecule has 0 spiro atoms. The van der Waals surface area contributed by atoms with Crippen molar-refractivity contribution in [3.63, 3.8) is 0 Å². The minimum atomic E-state index is -0.507. The van der Waals surface area contributed by atoms with Crippen LogP contribution in [0.3, 0.4) is 0 Å². The van der Waals surface area contributed by atoms with Crippen LogP contribution in [0, 0.1) is 0 Å². The van der Waals surface area contributed by atoms with E-state index in [9.17, 15) is 9.59 Å². The molecule has 1 amide bonds. The highest BCUT2D eigenvalue weighted by molar-refractivity contribution is 5.92. The number of nitrogens with zero attached hydrogens (tertiary/aromatic N) is 3. The number of carbonyl (C=O) groups is 2. The molecule has 0 aromatic carbocycles. The Morgan fingerprint density at radius 1 is 1.56 bits per heavy atom. The van der Waals surface area contributed by atoms with E-state index in [4.69, 9.17) is 4.84 Å². The number of nitrogens with one attached hydrogen (secondary N) is 1. The summed E-state index contributed by atoms with van der Waals surface area (Å²) in [4.78, 5) is 27.9. The number of hydrogen-bond donors (Lipinski definition) is 1. The maximum absolute atomic E-state index is 11.2. The number of hydrogen-bond acceptors (Lipinski definition) is 5. The van der Waals surface area contributed by atoms with Gasteiger partial charge in [-0.2, -0.15) is 0 Å². The lowest BCUT2D eigenvalue weighted by Crippen LogP contribution is -2.29. The fourth-order valence-corrected chi connectivity index (χ4v) is 0.825. The molecule has 0 aliphatic rings. The summed E-state index contributed by atoms with van der Waals surface area (Å²) in [7, 11) is 0. The molecule has 0 bridgehead atoms. The van der Waals surface area contributed by atoms with E-state index in [-0.39, 0.29) is 18.9 Å². The Morgan fingerprint density at radius 2 is 2.31 bits per heavy atom. The highest BCUT2D eigenvalue weighted by Crippen LogP contribution is 1.87. The summed E-state index contributed by atoms with van der Waals surface area (Å²) >= 11 is 0. The lowest BCUT2D eigenvalue weighted by Gasteiger charge is -2.04. The summed E-state index contributed by atoms with van der Waals surface area (Å²) in [5.74, 6) is -0.791. The number of amides is 1. The van der Waals surface area contributed by atoms with Crippen LogP contribution >= 0.6 is 0 Å². The minimum absolute atomic E-state index is 0.0544. The van der Waals surface area contributed by atoms with Crippen LogP contribution in [-0.2, 0) is 9.59 Å². The average Bonchev–Trinajstić information content (AvgIpc) is 2.70. The van der Waals surface area contributed by atoms with Gasteiger partial charge in [-0.1, -0.05) is 11.4 Å². The van der Waals surface area contributed by atoms with Crippen molar-refractivity contribution in [1.82, 2.24) is 20.5 Å². The normalized spacial score (nSPS) is 9.56. The second-order valence-corrected chi connectivity index (χ2v) is 3.06. The maximum atomic E-state index is 11.2. The Labute approximate surface area is 92.0 Å². The third kappa shape index (κ3) is 3.91. The van der Waals surface area contributed by atoms with Gasteiger partial charge in [-0.05, 0) is 12.1 Å². The standard InChI is InChI=1S/C9H12N4O3/c1-7(2)9(15)10-4-3-8(14)16-13-6-5-11-12-13/h5-6H,1,3-4H2,2H3,(H,10,15). The molecular weight excluding hydrogens is 212 g/mol. The first kappa shape index (κ1) is 11.9. The van der Waals surface area contributed by atoms with Gasteiger partial charge >= 0.3 is 5.97 Å². The predicted octanol–water partition coefficient (Wildman–Crippen LogP) is -0.684. The SMILES string of the molecule is C=C(C)C(=O)NCCC(=O)On1ccnn1. The van der Waals surface area contributed by atoms with Crippen molar-refractivity contribution in [1.29, 1.82) is 0 Å². The van der Waals surface area contributed by atoms with Crippen molar-refractivity contribution in [2.75, 3.05) is 6.54 Å². The quantitative estimate of drug-likeness (QED) is 0.528. The van der Waals surface area contributed by atoms with Crippen LogP contribution in [0.4, 0.5) is 0 Å². The van der Waals surface area contributed by atoms with E-state index < -0.39 is 5.97 Å². The molecule has 0 aliphatic carbocycles. The van der Waals surface area contributed by atoms with Crippen molar-refractivity contribution < 1.29 is 14.4 Å². The molecule has 0 unspecified atom stereocenters. The van der Waals surface area contributed by atoms with Gasteiger partial charge in [0.15, 0.2) is 0 Å². The van der Waals surface area contributed by atoms with Crippen LogP contribution in [0.25, 0.3) is 0 Å². The topological polar surface area (TPSA) is 86.1 Å². The zero-order valence-electron chi connectivity index (χ0n) is 8.84. The van der Waals surface area contributed by atoms with Crippen LogP contribution in [0.5, 0.6) is 0 Å². The summed E-state index contributed by atoms with van der Waals surface area (Å²) in [5.41, 5.74) is 0.393. The summed E-state index contributed by atoms with van der Waals surface area (Å²) in [6.45, 7) is 5.24. The van der Waals surface area contributed by atoms with E-state index >= 15 is 0 Å². The molecule has 0 fully saturated rings. The first-order valence-electron chi connectivity index (χ1n) is 4.61. The second kappa shape index (κ2) is 5.64. The van der Waals surface area contributed by atoms with Gasteiger partial charge < -0.3 is 10.2 Å². The summed E-state index contributed by atoms with van der Waals surface area (Å²) in [6, 6.07) is 0. The Morgan fingerprint density at radius 3 is 2.88 bits per heavy atom.